The highest BCUT2D eigenvalue weighted by atomic mass is 79.9. The highest BCUT2D eigenvalue weighted by Crippen LogP contribution is 2.35. The number of hydrogen-bond donors (Lipinski definition) is 1. The maximum absolute atomic E-state index is 11.4. The summed E-state index contributed by atoms with van der Waals surface area (Å²) in [6, 6.07) is 8.05. The fraction of sp³-hybridized carbons (Fsp3) is 0.562. The molecule has 0 aliphatic carbocycles. The molecule has 1 aliphatic rings. The number of carboxylic acid groups (broad SMARTS) is 1. The van der Waals surface area contributed by atoms with Gasteiger partial charge in [-0.25, -0.2) is 0 Å². The minimum Gasteiger partial charge on any atom is -0.481 e. The zero-order valence-corrected chi connectivity index (χ0v) is 13.5. The number of likely N-dealkylation sites (tertiary alicyclic amines) is 1. The van der Waals surface area contributed by atoms with Crippen molar-refractivity contribution in [3.63, 3.8) is 0 Å². The molecule has 1 aromatic rings. The molecule has 0 radical (unpaired) electrons. The Balaban J connectivity index is 2.35. The second-order valence-corrected chi connectivity index (χ2v) is 6.67. The van der Waals surface area contributed by atoms with Crippen molar-refractivity contribution in [2.75, 3.05) is 13.1 Å². The predicted molar refractivity (Wildman–Crippen MR) is 83.8 cm³/mol. The minimum absolute atomic E-state index is 0.142. The van der Waals surface area contributed by atoms with Gasteiger partial charge < -0.3 is 5.11 Å². The van der Waals surface area contributed by atoms with Crippen molar-refractivity contribution >= 4 is 21.9 Å². The van der Waals surface area contributed by atoms with Gasteiger partial charge in [-0.15, -0.1) is 0 Å². The summed E-state index contributed by atoms with van der Waals surface area (Å²) in [6.45, 7) is 4.03. The highest BCUT2D eigenvalue weighted by Gasteiger charge is 2.36. The first-order valence-electron chi connectivity index (χ1n) is 7.25. The van der Waals surface area contributed by atoms with E-state index in [0.717, 1.165) is 36.0 Å². The summed E-state index contributed by atoms with van der Waals surface area (Å²) < 4.78 is 1.00. The van der Waals surface area contributed by atoms with Gasteiger partial charge in [0, 0.05) is 4.47 Å². The molecule has 0 saturated carbocycles. The molecular formula is C16H22BrNO2. The topological polar surface area (TPSA) is 40.5 Å². The number of nitrogens with zero attached hydrogens (tertiary/aromatic N) is 1. The fourth-order valence-electron chi connectivity index (χ4n) is 3.08. The lowest BCUT2D eigenvalue weighted by Gasteiger charge is -2.40. The Hall–Kier alpha value is -0.870. The van der Waals surface area contributed by atoms with E-state index in [2.05, 4.69) is 27.8 Å². The summed E-state index contributed by atoms with van der Waals surface area (Å²) in [7, 11) is 0. The molecule has 0 amide bonds. The summed E-state index contributed by atoms with van der Waals surface area (Å²) in [5.74, 6) is -0.739. The molecule has 3 nitrogen and oxygen atoms in total. The molecule has 1 unspecified atom stereocenters. The number of rotatable bonds is 4. The molecule has 20 heavy (non-hydrogen) atoms. The van der Waals surface area contributed by atoms with Gasteiger partial charge in [-0.05, 0) is 50.6 Å². The molecule has 0 bridgehead atoms. The molecule has 2 rings (SSSR count). The maximum Gasteiger partial charge on any atom is 0.305 e. The van der Waals surface area contributed by atoms with E-state index in [9.17, 15) is 9.90 Å². The van der Waals surface area contributed by atoms with Crippen molar-refractivity contribution in [1.82, 2.24) is 4.90 Å². The Morgan fingerprint density at radius 3 is 2.50 bits per heavy atom. The molecule has 1 saturated heterocycles. The van der Waals surface area contributed by atoms with Crippen LogP contribution in [0.5, 0.6) is 0 Å². The smallest absolute Gasteiger partial charge is 0.305 e. The van der Waals surface area contributed by atoms with Crippen molar-refractivity contribution in [3.8, 4) is 0 Å². The van der Waals surface area contributed by atoms with Gasteiger partial charge >= 0.3 is 5.97 Å². The Bertz CT molecular complexity index is 469. The van der Waals surface area contributed by atoms with Crippen molar-refractivity contribution in [3.05, 3.63) is 34.3 Å². The number of hydrogen-bond acceptors (Lipinski definition) is 2. The molecule has 1 atom stereocenters. The molecule has 1 heterocycles. The van der Waals surface area contributed by atoms with Gasteiger partial charge in [0.2, 0.25) is 0 Å². The lowest BCUT2D eigenvalue weighted by Crippen LogP contribution is -2.46. The van der Waals surface area contributed by atoms with Gasteiger partial charge in [0.15, 0.2) is 0 Å². The van der Waals surface area contributed by atoms with Crippen molar-refractivity contribution in [2.45, 2.75) is 44.6 Å². The first-order chi connectivity index (χ1) is 9.52. The third-order valence-corrected chi connectivity index (χ3v) is 4.74. The number of carboxylic acids is 1. The van der Waals surface area contributed by atoms with Crippen molar-refractivity contribution in [1.29, 1.82) is 0 Å². The monoisotopic (exact) mass is 339 g/mol. The first-order valence-corrected chi connectivity index (χ1v) is 8.04. The van der Waals surface area contributed by atoms with E-state index in [4.69, 9.17) is 0 Å². The summed E-state index contributed by atoms with van der Waals surface area (Å²) in [4.78, 5) is 13.7. The van der Waals surface area contributed by atoms with Crippen LogP contribution in [0.1, 0.15) is 44.6 Å². The number of benzene rings is 1. The Kier molecular flexibility index (Phi) is 5.22. The summed E-state index contributed by atoms with van der Waals surface area (Å²) in [6.07, 6.45) is 4.95. The van der Waals surface area contributed by atoms with Gasteiger partial charge in [0.05, 0.1) is 12.0 Å². The van der Waals surface area contributed by atoms with E-state index >= 15 is 0 Å². The normalized spacial score (nSPS) is 20.1. The van der Waals surface area contributed by atoms with E-state index < -0.39 is 11.5 Å². The van der Waals surface area contributed by atoms with Gasteiger partial charge in [0.1, 0.15) is 0 Å². The second kappa shape index (κ2) is 6.72. The molecular weight excluding hydrogens is 318 g/mol. The summed E-state index contributed by atoms with van der Waals surface area (Å²) in [5, 5.41) is 9.34. The molecule has 4 heteroatoms. The van der Waals surface area contributed by atoms with E-state index in [-0.39, 0.29) is 6.42 Å². The Labute approximate surface area is 129 Å². The van der Waals surface area contributed by atoms with Gasteiger partial charge in [-0.2, -0.15) is 0 Å². The van der Waals surface area contributed by atoms with Crippen LogP contribution in [0.25, 0.3) is 0 Å². The van der Waals surface area contributed by atoms with Crippen LogP contribution in [0.3, 0.4) is 0 Å². The highest BCUT2D eigenvalue weighted by molar-refractivity contribution is 9.10. The number of halogens is 1. The number of aliphatic carboxylic acids is 1. The maximum atomic E-state index is 11.4. The molecule has 1 N–H and O–H groups in total. The average molecular weight is 340 g/mol. The molecule has 0 aromatic heterocycles. The van der Waals surface area contributed by atoms with Crippen LogP contribution >= 0.6 is 15.9 Å². The van der Waals surface area contributed by atoms with E-state index in [1.807, 2.05) is 24.3 Å². The lowest BCUT2D eigenvalue weighted by atomic mass is 9.86. The third-order valence-electron chi connectivity index (χ3n) is 4.25. The summed E-state index contributed by atoms with van der Waals surface area (Å²) >= 11 is 3.49. The van der Waals surface area contributed by atoms with Crippen LogP contribution in [0.4, 0.5) is 0 Å². The Morgan fingerprint density at radius 2 is 1.95 bits per heavy atom. The van der Waals surface area contributed by atoms with Crippen molar-refractivity contribution < 1.29 is 9.90 Å². The van der Waals surface area contributed by atoms with Crippen LogP contribution in [0.2, 0.25) is 0 Å². The zero-order valence-electron chi connectivity index (χ0n) is 11.9. The quantitative estimate of drug-likeness (QED) is 0.900. The summed E-state index contributed by atoms with van der Waals surface area (Å²) in [5.41, 5.74) is 0.649. The van der Waals surface area contributed by atoms with Gasteiger partial charge in [-0.3, -0.25) is 9.69 Å². The van der Waals surface area contributed by atoms with Gasteiger partial charge in [-0.1, -0.05) is 40.9 Å². The van der Waals surface area contributed by atoms with Crippen LogP contribution in [0.15, 0.2) is 28.7 Å². The van der Waals surface area contributed by atoms with Crippen LogP contribution < -0.4 is 0 Å². The molecule has 110 valence electrons. The largest absolute Gasteiger partial charge is 0.481 e. The van der Waals surface area contributed by atoms with Gasteiger partial charge in [0.25, 0.3) is 0 Å². The predicted octanol–water partition coefficient (Wildman–Crippen LogP) is 4.02. The number of carbonyl (C=O) groups is 1. The Morgan fingerprint density at radius 1 is 1.30 bits per heavy atom. The molecule has 1 fully saturated rings. The minimum atomic E-state index is -0.739. The van der Waals surface area contributed by atoms with Crippen LogP contribution in [-0.4, -0.2) is 29.1 Å². The standard InChI is InChI=1S/C16H22BrNO2/c1-16(12-15(19)20,13-7-6-8-14(17)11-13)18-9-4-2-3-5-10-18/h6-8,11H,2-5,9-10,12H2,1H3,(H,19,20). The van der Waals surface area contributed by atoms with E-state index in [0.29, 0.717) is 0 Å². The third kappa shape index (κ3) is 3.61. The molecule has 1 aliphatic heterocycles. The average Bonchev–Trinajstić information content (AvgIpc) is 2.67. The molecule has 0 spiro atoms. The first kappa shape index (κ1) is 15.5. The van der Waals surface area contributed by atoms with Crippen LogP contribution in [0, 0.1) is 0 Å². The lowest BCUT2D eigenvalue weighted by molar-refractivity contribution is -0.140. The fourth-order valence-corrected chi connectivity index (χ4v) is 3.48. The van der Waals surface area contributed by atoms with Crippen molar-refractivity contribution in [2.24, 2.45) is 0 Å². The second-order valence-electron chi connectivity index (χ2n) is 5.76. The van der Waals surface area contributed by atoms with E-state index in [1.54, 1.807) is 0 Å². The van der Waals surface area contributed by atoms with Crippen LogP contribution in [-0.2, 0) is 10.3 Å². The molecule has 1 aromatic carbocycles. The zero-order chi connectivity index (χ0) is 14.6. The SMILES string of the molecule is CC(CC(=O)O)(c1cccc(Br)c1)N1CCCCCC1. The van der Waals surface area contributed by atoms with E-state index in [1.165, 1.54) is 12.8 Å².